The number of carbonyl (C=O) groups excluding carboxylic acids is 3. The number of carbonyl (C=O) groups is 3. The molecule has 0 aromatic rings. The molecule has 0 bridgehead atoms. The third-order valence-corrected chi connectivity index (χ3v) is 21.6. The third-order valence-electron chi connectivity index (χ3n) is 19.7. The molecule has 672 valence electrons. The summed E-state index contributed by atoms with van der Waals surface area (Å²) in [5, 5.41) is 20.7. The Bertz CT molecular complexity index is 2760. The Balaban J connectivity index is 4.44. The molecule has 0 amide bonds. The molecule has 0 aliphatic heterocycles. The molecule has 0 saturated carbocycles. The van der Waals surface area contributed by atoms with Crippen molar-refractivity contribution in [2.24, 2.45) is 0 Å². The topological polar surface area (TPSA) is 231 Å². The van der Waals surface area contributed by atoms with Gasteiger partial charge in [-0.05, 0) is 148 Å². The Kier molecular flexibility index (Phi) is 86.7. The molecule has 0 radical (unpaired) electrons. The Morgan fingerprint density at radius 2 is 0.453 bits per heavy atom. The molecule has 0 heterocycles. The van der Waals surface area contributed by atoms with Crippen LogP contribution >= 0.6 is 15.6 Å². The average molecular weight is 1680 g/mol. The molecule has 0 fully saturated rings. The minimum absolute atomic E-state index is 0.0934. The van der Waals surface area contributed by atoms with Gasteiger partial charge < -0.3 is 34.2 Å². The van der Waals surface area contributed by atoms with E-state index in [1.54, 1.807) is 0 Å². The second-order valence-electron chi connectivity index (χ2n) is 31.0. The third kappa shape index (κ3) is 91.7. The number of ether oxygens (including phenoxy) is 3. The Morgan fingerprint density at radius 1 is 0.248 bits per heavy atom. The van der Waals surface area contributed by atoms with Crippen molar-refractivity contribution in [2.45, 2.75) is 411 Å². The van der Waals surface area contributed by atoms with Crippen LogP contribution in [0.5, 0.6) is 0 Å². The van der Waals surface area contributed by atoms with E-state index >= 15 is 0 Å². The lowest BCUT2D eigenvalue weighted by atomic mass is 10.0. The molecule has 117 heavy (non-hydrogen) atoms. The second-order valence-corrected chi connectivity index (χ2v) is 34.0. The van der Waals surface area contributed by atoms with Crippen LogP contribution in [-0.2, 0) is 55.8 Å². The van der Waals surface area contributed by atoms with Crippen LogP contribution in [0.25, 0.3) is 0 Å². The first-order chi connectivity index (χ1) is 57.2. The fraction of sp³-hybridized carbons (Fsp3) is 0.707. The normalized spacial score (nSPS) is 14.5. The number of rotatable bonds is 88. The molecule has 0 saturated heterocycles. The number of hydrogen-bond donors (Lipinski definition) is 4. The highest BCUT2D eigenvalue weighted by molar-refractivity contribution is 7.47. The minimum atomic E-state index is -4.94. The summed E-state index contributed by atoms with van der Waals surface area (Å²) in [6.45, 7) is 2.49. The van der Waals surface area contributed by atoms with Gasteiger partial charge in [0.05, 0.1) is 26.4 Å². The van der Waals surface area contributed by atoms with Crippen molar-refractivity contribution in [3.63, 3.8) is 0 Å². The molecule has 0 aliphatic carbocycles. The van der Waals surface area contributed by atoms with Gasteiger partial charge >= 0.3 is 33.6 Å². The zero-order valence-electron chi connectivity index (χ0n) is 74.1. The fourth-order valence-corrected chi connectivity index (χ4v) is 14.3. The quantitative estimate of drug-likeness (QED) is 0.0146. The lowest BCUT2D eigenvalue weighted by molar-refractivity contribution is -0.161. The molecular weight excluding hydrogens is 1510 g/mol. The molecule has 16 nitrogen and oxygen atoms in total. The molecule has 0 spiro atoms. The molecule has 4 N–H and O–H groups in total. The Labute approximate surface area is 714 Å². The van der Waals surface area contributed by atoms with Crippen LogP contribution in [0.1, 0.15) is 393 Å². The maximum absolute atomic E-state index is 13.0. The molecule has 0 aromatic carbocycles. The monoisotopic (exact) mass is 1680 g/mol. The van der Waals surface area contributed by atoms with Crippen LogP contribution in [0.15, 0.2) is 158 Å². The van der Waals surface area contributed by atoms with Gasteiger partial charge in [-0.1, -0.05) is 384 Å². The van der Waals surface area contributed by atoms with Crippen LogP contribution < -0.4 is 0 Å². The van der Waals surface area contributed by atoms with Gasteiger partial charge in [0.2, 0.25) is 0 Å². The Hall–Kier alpha value is -4.83. The van der Waals surface area contributed by atoms with Crippen LogP contribution in [0.3, 0.4) is 0 Å². The van der Waals surface area contributed by atoms with Gasteiger partial charge in [0.1, 0.15) is 25.4 Å². The largest absolute Gasteiger partial charge is 0.472 e. The molecular formula is C99H170O16P2. The summed E-state index contributed by atoms with van der Waals surface area (Å²) >= 11 is 0. The maximum atomic E-state index is 13.0. The van der Waals surface area contributed by atoms with Gasteiger partial charge in [0.15, 0.2) is 6.10 Å². The van der Waals surface area contributed by atoms with E-state index in [4.69, 9.17) is 32.3 Å². The van der Waals surface area contributed by atoms with Crippen molar-refractivity contribution >= 4 is 33.6 Å². The number of phosphoric acid groups is 2. The van der Waals surface area contributed by atoms with E-state index in [0.29, 0.717) is 19.3 Å². The molecule has 0 rings (SSSR count). The van der Waals surface area contributed by atoms with Crippen molar-refractivity contribution in [2.75, 3.05) is 39.6 Å². The number of hydrogen-bond acceptors (Lipinski definition) is 14. The van der Waals surface area contributed by atoms with Gasteiger partial charge in [-0.3, -0.25) is 32.5 Å². The van der Waals surface area contributed by atoms with E-state index in [0.717, 1.165) is 167 Å². The number of allylic oxidation sites excluding steroid dienone is 26. The zero-order valence-corrected chi connectivity index (χ0v) is 75.9. The SMILES string of the molecule is CC/C=C\C/C=C\C/C=C\C/C=C\C/C=C\C/C=C\CCCCCCCCCCCCCCCCCCC(=O)OCC(O)COP(=O)(O)OCC(O)COP(=O)(O)OCC(COC(=O)CCCCCCCCCCCCCC/C=C\C/C=C\C/C=C\C/C=C\C/C=C\C/C=C\CC)OC(=O)CCCCCCC/C=C\CCCCCCCC. The molecule has 5 unspecified atom stereocenters. The standard InChI is InChI=1S/C99H170O16P2/c1-4-7-10-13-16-19-22-25-28-30-32-34-36-38-40-42-44-45-46-47-49-51-52-54-56-58-60-62-65-67-70-73-76-79-82-85-97(102)109-88-94(100)89-111-116(105,106)112-90-95(101)91-113-117(107,108)114-93-96(115-99(104)87-84-81-78-75-72-69-64-27-24-21-18-15-12-9-6-3)92-110-98(103)86-83-80-77-74-71-68-66-63-61-59-57-55-53-50-48-43-41-39-37-35-33-31-29-26-23-20-17-14-11-8-5-2/h7-8,10-11,16-17,19-20,25-29,32-35,38-41,44-45,48,50,64,94-96,100-101H,4-6,9,12-15,18,21-24,30-31,36-37,42-43,46-47,49,51-63,65-93H2,1-3H3,(H,105,106)(H,107,108)/b10-7-,11-8-,19-16-,20-17-,28-25-,29-26-,34-32-,35-33-,40-38-,41-39-,45-44-,50-48-,64-27-. The van der Waals surface area contributed by atoms with Crippen LogP contribution in [0.4, 0.5) is 0 Å². The highest BCUT2D eigenvalue weighted by atomic mass is 31.2. The van der Waals surface area contributed by atoms with Gasteiger partial charge in [-0.25, -0.2) is 9.13 Å². The summed E-state index contributed by atoms with van der Waals surface area (Å²) in [7, 11) is -9.80. The number of phosphoric ester groups is 2. The first-order valence-corrected chi connectivity index (χ1v) is 49.8. The van der Waals surface area contributed by atoms with E-state index in [1.807, 2.05) is 0 Å². The molecule has 0 aromatic heterocycles. The minimum Gasteiger partial charge on any atom is -0.463 e. The van der Waals surface area contributed by atoms with Crippen molar-refractivity contribution in [1.29, 1.82) is 0 Å². The zero-order chi connectivity index (χ0) is 85.1. The molecule has 0 aliphatic rings. The summed E-state index contributed by atoms with van der Waals surface area (Å²) in [6.07, 6.45) is 116. The van der Waals surface area contributed by atoms with E-state index in [-0.39, 0.29) is 19.3 Å². The highest BCUT2D eigenvalue weighted by Crippen LogP contribution is 2.45. The van der Waals surface area contributed by atoms with Crippen molar-refractivity contribution < 1.29 is 75.8 Å². The van der Waals surface area contributed by atoms with Crippen LogP contribution in [0.2, 0.25) is 0 Å². The van der Waals surface area contributed by atoms with Gasteiger partial charge in [0, 0.05) is 19.3 Å². The predicted molar refractivity (Wildman–Crippen MR) is 491 cm³/mol. The first kappa shape index (κ1) is 112. The summed E-state index contributed by atoms with van der Waals surface area (Å²) in [5.41, 5.74) is 0. The van der Waals surface area contributed by atoms with Gasteiger partial charge in [-0.15, -0.1) is 0 Å². The smallest absolute Gasteiger partial charge is 0.463 e. The second kappa shape index (κ2) is 90.4. The van der Waals surface area contributed by atoms with Crippen molar-refractivity contribution in [1.82, 2.24) is 0 Å². The van der Waals surface area contributed by atoms with E-state index in [2.05, 4.69) is 179 Å². The first-order valence-electron chi connectivity index (χ1n) is 46.8. The van der Waals surface area contributed by atoms with Crippen molar-refractivity contribution in [3.05, 3.63) is 158 Å². The number of esters is 3. The predicted octanol–water partition coefficient (Wildman–Crippen LogP) is 28.9. The van der Waals surface area contributed by atoms with E-state index < -0.39 is 91.5 Å². The lowest BCUT2D eigenvalue weighted by Crippen LogP contribution is -2.30. The number of aliphatic hydroxyl groups is 2. The molecule has 5 atom stereocenters. The van der Waals surface area contributed by atoms with Gasteiger partial charge in [0.25, 0.3) is 0 Å². The fourth-order valence-electron chi connectivity index (χ4n) is 12.7. The summed E-state index contributed by atoms with van der Waals surface area (Å²) in [6, 6.07) is 0. The number of unbranched alkanes of at least 4 members (excludes halogenated alkanes) is 39. The summed E-state index contributed by atoms with van der Waals surface area (Å²) < 4.78 is 61.4. The van der Waals surface area contributed by atoms with Crippen LogP contribution in [0, 0.1) is 0 Å². The number of aliphatic hydroxyl groups excluding tert-OH is 2. The molecule has 18 heteroatoms. The average Bonchev–Trinajstić information content (AvgIpc) is 0.886. The summed E-state index contributed by atoms with van der Waals surface area (Å²) in [4.78, 5) is 58.9. The van der Waals surface area contributed by atoms with E-state index in [9.17, 15) is 43.5 Å². The van der Waals surface area contributed by atoms with E-state index in [1.165, 1.54) is 167 Å². The van der Waals surface area contributed by atoms with Gasteiger partial charge in [-0.2, -0.15) is 0 Å². The van der Waals surface area contributed by atoms with Crippen LogP contribution in [-0.4, -0.2) is 95.9 Å². The Morgan fingerprint density at radius 3 is 0.726 bits per heavy atom. The van der Waals surface area contributed by atoms with Crippen molar-refractivity contribution in [3.8, 4) is 0 Å². The highest BCUT2D eigenvalue weighted by Gasteiger charge is 2.29. The maximum Gasteiger partial charge on any atom is 0.472 e. The lowest BCUT2D eigenvalue weighted by Gasteiger charge is -2.21. The summed E-state index contributed by atoms with van der Waals surface area (Å²) in [5.74, 6) is -1.57.